The summed E-state index contributed by atoms with van der Waals surface area (Å²) in [4.78, 5) is 41.4. The largest absolute Gasteiger partial charge is 0.479 e. The van der Waals surface area contributed by atoms with Crippen LogP contribution in [0.1, 0.15) is 52.3 Å². The Morgan fingerprint density at radius 1 is 0.975 bits per heavy atom. The fourth-order valence-electron chi connectivity index (χ4n) is 4.45. The molecule has 0 spiro atoms. The van der Waals surface area contributed by atoms with Crippen molar-refractivity contribution in [2.24, 2.45) is 12.8 Å². The average Bonchev–Trinajstić information content (AvgIpc) is 3.25. The lowest BCUT2D eigenvalue weighted by Gasteiger charge is -2.27. The number of imidazole rings is 1. The van der Waals surface area contributed by atoms with E-state index in [1.165, 1.54) is 13.8 Å². The molecule has 4 rings (SSSR count). The van der Waals surface area contributed by atoms with Crippen molar-refractivity contribution in [2.75, 3.05) is 0 Å². The number of hydrogen-bond donors (Lipinski definition) is 5. The molecule has 2 amide bonds. The van der Waals surface area contributed by atoms with Gasteiger partial charge in [-0.2, -0.15) is 0 Å². The van der Waals surface area contributed by atoms with Crippen molar-refractivity contribution in [3.05, 3.63) is 100 Å². The van der Waals surface area contributed by atoms with Crippen LogP contribution in [0.25, 0.3) is 11.0 Å². The van der Waals surface area contributed by atoms with Gasteiger partial charge in [0.1, 0.15) is 11.7 Å². The molecule has 1 atom stereocenters. The third-order valence-corrected chi connectivity index (χ3v) is 7.00. The lowest BCUT2D eigenvalue weighted by molar-refractivity contribution is -0.144. The van der Waals surface area contributed by atoms with E-state index in [1.807, 2.05) is 35.9 Å². The third-order valence-electron chi connectivity index (χ3n) is 7.00. The number of benzene rings is 3. The van der Waals surface area contributed by atoms with E-state index in [9.17, 15) is 19.5 Å². The number of nitrogens with one attached hydrogen (secondary N) is 3. The lowest BCUT2D eigenvalue weighted by Crippen LogP contribution is -2.49. The summed E-state index contributed by atoms with van der Waals surface area (Å²) >= 11 is 0. The number of nitrogens with zero attached hydrogens (tertiary/aromatic N) is 2. The van der Waals surface area contributed by atoms with Crippen LogP contribution in [0.4, 0.5) is 0 Å². The molecule has 0 aliphatic rings. The number of aromatic nitrogens is 2. The van der Waals surface area contributed by atoms with E-state index in [4.69, 9.17) is 16.1 Å². The van der Waals surface area contributed by atoms with Gasteiger partial charge in [0.15, 0.2) is 5.54 Å². The Bertz CT molecular complexity index is 1590. The highest BCUT2D eigenvalue weighted by Crippen LogP contribution is 2.24. The van der Waals surface area contributed by atoms with Crippen LogP contribution in [-0.2, 0) is 41.6 Å². The third kappa shape index (κ3) is 6.01. The first-order valence-corrected chi connectivity index (χ1v) is 12.8. The Morgan fingerprint density at radius 2 is 1.60 bits per heavy atom. The zero-order valence-corrected chi connectivity index (χ0v) is 22.6. The van der Waals surface area contributed by atoms with Gasteiger partial charge in [0.05, 0.1) is 11.0 Å². The van der Waals surface area contributed by atoms with Gasteiger partial charge in [-0.05, 0) is 48.2 Å². The van der Waals surface area contributed by atoms with Gasteiger partial charge in [-0.25, -0.2) is 9.78 Å². The number of carbonyl (C=O) groups excluding carboxylic acids is 2. The first-order chi connectivity index (χ1) is 19.0. The van der Waals surface area contributed by atoms with E-state index in [0.29, 0.717) is 35.2 Å². The van der Waals surface area contributed by atoms with Gasteiger partial charge in [0, 0.05) is 38.1 Å². The standard InChI is InChI=1S/C30H32N6O4/c1-18(37)33-17-20-6-12-23(13-7-20)30(2,29(39)40)35-28(38)22-11-14-25-24(16-22)34-26(36(25)3)15-8-19-4-9-21(10-5-19)27(31)32/h4-7,9-14,16H,8,15,17H2,1-3H3,(H3,31,32)(H,33,37)(H,35,38)(H,39,40). The van der Waals surface area contributed by atoms with Crippen LogP contribution in [0.15, 0.2) is 66.7 Å². The number of nitrogen functional groups attached to an aromatic ring is 1. The molecule has 3 aromatic carbocycles. The number of carbonyl (C=O) groups is 3. The number of aryl methyl sites for hydroxylation is 3. The van der Waals surface area contributed by atoms with E-state index in [-0.39, 0.29) is 11.7 Å². The smallest absolute Gasteiger partial charge is 0.333 e. The molecule has 1 unspecified atom stereocenters. The number of amidine groups is 1. The minimum Gasteiger partial charge on any atom is -0.479 e. The summed E-state index contributed by atoms with van der Waals surface area (Å²) in [5.41, 5.74) is 8.62. The predicted molar refractivity (Wildman–Crippen MR) is 152 cm³/mol. The molecule has 0 aliphatic carbocycles. The molecule has 0 saturated carbocycles. The fourth-order valence-corrected chi connectivity index (χ4v) is 4.45. The Kier molecular flexibility index (Phi) is 7.99. The number of carboxylic acids is 1. The molecule has 10 nitrogen and oxygen atoms in total. The second kappa shape index (κ2) is 11.4. The average molecular weight is 541 g/mol. The number of amides is 2. The molecule has 1 aromatic heterocycles. The molecule has 206 valence electrons. The molecule has 6 N–H and O–H groups in total. The Hall–Kier alpha value is -4.99. The van der Waals surface area contributed by atoms with Gasteiger partial charge in [0.2, 0.25) is 5.91 Å². The summed E-state index contributed by atoms with van der Waals surface area (Å²) in [6, 6.07) is 19.4. The van der Waals surface area contributed by atoms with Gasteiger partial charge < -0.3 is 26.0 Å². The van der Waals surface area contributed by atoms with E-state index >= 15 is 0 Å². The molecule has 40 heavy (non-hydrogen) atoms. The topological polar surface area (TPSA) is 163 Å². The molecule has 0 saturated heterocycles. The van der Waals surface area contributed by atoms with Crippen molar-refractivity contribution in [3.8, 4) is 0 Å². The number of nitrogens with two attached hydrogens (primary N) is 1. The van der Waals surface area contributed by atoms with Crippen molar-refractivity contribution >= 4 is 34.7 Å². The van der Waals surface area contributed by atoms with Gasteiger partial charge in [-0.15, -0.1) is 0 Å². The van der Waals surface area contributed by atoms with Crippen LogP contribution >= 0.6 is 0 Å². The van der Waals surface area contributed by atoms with Crippen molar-refractivity contribution in [2.45, 2.75) is 38.8 Å². The highest BCUT2D eigenvalue weighted by atomic mass is 16.4. The van der Waals surface area contributed by atoms with Gasteiger partial charge >= 0.3 is 5.97 Å². The normalized spacial score (nSPS) is 12.5. The summed E-state index contributed by atoms with van der Waals surface area (Å²) in [7, 11) is 1.92. The fraction of sp³-hybridized carbons (Fsp3) is 0.233. The number of fused-ring (bicyclic) bond motifs is 1. The van der Waals surface area contributed by atoms with Crippen LogP contribution < -0.4 is 16.4 Å². The van der Waals surface area contributed by atoms with E-state index in [2.05, 4.69) is 10.6 Å². The number of carboxylic acid groups (broad SMARTS) is 1. The predicted octanol–water partition coefficient (Wildman–Crippen LogP) is 3.01. The molecule has 10 heteroatoms. The van der Waals surface area contributed by atoms with Gasteiger partial charge in [-0.3, -0.25) is 15.0 Å². The molecule has 0 radical (unpaired) electrons. The van der Waals surface area contributed by atoms with Crippen LogP contribution in [-0.4, -0.2) is 38.3 Å². The Balaban J connectivity index is 1.50. The molecule has 1 heterocycles. The van der Waals surface area contributed by atoms with Crippen molar-refractivity contribution < 1.29 is 19.5 Å². The van der Waals surface area contributed by atoms with E-state index in [0.717, 1.165) is 28.9 Å². The highest BCUT2D eigenvalue weighted by Gasteiger charge is 2.37. The van der Waals surface area contributed by atoms with Crippen LogP contribution in [0.2, 0.25) is 0 Å². The minimum absolute atomic E-state index is 0.0296. The maximum atomic E-state index is 13.2. The van der Waals surface area contributed by atoms with Crippen molar-refractivity contribution in [1.82, 2.24) is 20.2 Å². The van der Waals surface area contributed by atoms with Crippen molar-refractivity contribution in [1.29, 1.82) is 5.41 Å². The molecular formula is C30H32N6O4. The van der Waals surface area contributed by atoms with Crippen LogP contribution in [0.3, 0.4) is 0 Å². The zero-order valence-electron chi connectivity index (χ0n) is 22.6. The second-order valence-electron chi connectivity index (χ2n) is 9.89. The molecule has 0 bridgehead atoms. The quantitative estimate of drug-likeness (QED) is 0.153. The SMILES string of the molecule is CC(=O)NCc1ccc(C(C)(NC(=O)c2ccc3c(c2)nc(CCc2ccc(C(=N)N)cc2)n3C)C(=O)O)cc1. The maximum Gasteiger partial charge on any atom is 0.333 e. The lowest BCUT2D eigenvalue weighted by atomic mass is 9.90. The maximum absolute atomic E-state index is 13.2. The first-order valence-electron chi connectivity index (χ1n) is 12.8. The number of rotatable bonds is 10. The van der Waals surface area contributed by atoms with Gasteiger partial charge in [-0.1, -0.05) is 48.5 Å². The van der Waals surface area contributed by atoms with E-state index < -0.39 is 17.4 Å². The van der Waals surface area contributed by atoms with Crippen LogP contribution in [0.5, 0.6) is 0 Å². The molecule has 4 aromatic rings. The first kappa shape index (κ1) is 28.0. The Morgan fingerprint density at radius 3 is 2.20 bits per heavy atom. The molecular weight excluding hydrogens is 508 g/mol. The van der Waals surface area contributed by atoms with Crippen LogP contribution in [0, 0.1) is 5.41 Å². The monoisotopic (exact) mass is 540 g/mol. The molecule has 0 aliphatic heterocycles. The highest BCUT2D eigenvalue weighted by molar-refractivity contribution is 6.00. The minimum atomic E-state index is -1.67. The summed E-state index contributed by atoms with van der Waals surface area (Å²) in [6.07, 6.45) is 1.41. The Labute approximate surface area is 231 Å². The molecule has 0 fully saturated rings. The zero-order chi connectivity index (χ0) is 29.0. The van der Waals surface area contributed by atoms with Crippen molar-refractivity contribution in [3.63, 3.8) is 0 Å². The summed E-state index contributed by atoms with van der Waals surface area (Å²) in [5, 5.41) is 22.9. The number of hydrogen-bond acceptors (Lipinski definition) is 5. The second-order valence-corrected chi connectivity index (χ2v) is 9.89. The summed E-state index contributed by atoms with van der Waals surface area (Å²) < 4.78 is 1.98. The summed E-state index contributed by atoms with van der Waals surface area (Å²) in [6.45, 7) is 3.19. The van der Waals surface area contributed by atoms with E-state index in [1.54, 1.807) is 42.5 Å². The summed E-state index contributed by atoms with van der Waals surface area (Å²) in [5.74, 6) is -1.02. The van der Waals surface area contributed by atoms with Gasteiger partial charge in [0.25, 0.3) is 5.91 Å². The number of aliphatic carboxylic acids is 1.